The first-order valence-corrected chi connectivity index (χ1v) is 8.38. The van der Waals surface area contributed by atoms with Gasteiger partial charge in [0.25, 0.3) is 0 Å². The van der Waals surface area contributed by atoms with E-state index >= 15 is 0 Å². The summed E-state index contributed by atoms with van der Waals surface area (Å²) in [6, 6.07) is 0. The fraction of sp³-hybridized carbons (Fsp3) is 0.750. The first-order chi connectivity index (χ1) is 5.61. The molecule has 0 N–H and O–H groups in total. The van der Waals surface area contributed by atoms with Gasteiger partial charge in [0.15, 0.2) is 0 Å². The topological polar surface area (TPSA) is 0 Å². The molecule has 1 aliphatic heterocycles. The first kappa shape index (κ1) is 11.2. The summed E-state index contributed by atoms with van der Waals surface area (Å²) in [5.41, 5.74) is 1.45. The van der Waals surface area contributed by atoms with E-state index in [0.717, 1.165) is 10.5 Å². The summed E-state index contributed by atoms with van der Waals surface area (Å²) in [5.74, 6) is 0.777. The lowest BCUT2D eigenvalue weighted by Gasteiger charge is -2.24. The van der Waals surface area contributed by atoms with E-state index < -0.39 is 0 Å². The Hall–Kier alpha value is 1.14. The van der Waals surface area contributed by atoms with Crippen LogP contribution in [0, 0.1) is 5.92 Å². The number of allylic oxidation sites excluding steroid dienone is 1. The molecule has 0 radical (unpaired) electrons. The van der Waals surface area contributed by atoms with Crippen LogP contribution in [0.2, 0.25) is 0 Å². The fourth-order valence-corrected chi connectivity index (χ4v) is 8.98. The van der Waals surface area contributed by atoms with E-state index in [1.54, 1.807) is 0 Å². The summed E-state index contributed by atoms with van der Waals surface area (Å²) >= 11 is 0. The summed E-state index contributed by atoms with van der Waals surface area (Å²) in [5, 5.41) is 0. The minimum Gasteiger partial charge on any atom is -0.0728 e. The highest BCUT2D eigenvalue weighted by molar-refractivity contribution is 8.95. The van der Waals surface area contributed by atoms with Crippen LogP contribution in [0.3, 0.4) is 0 Å². The Kier molecular flexibility index (Phi) is 4.79. The highest BCUT2D eigenvalue weighted by atomic mass is 33.2. The minimum atomic E-state index is 0.753. The van der Waals surface area contributed by atoms with Gasteiger partial charge in [0.1, 0.15) is 0 Å². The van der Waals surface area contributed by atoms with E-state index in [1.165, 1.54) is 9.81 Å². The second-order valence-electron chi connectivity index (χ2n) is 3.26. The molecule has 70 valence electrons. The van der Waals surface area contributed by atoms with Gasteiger partial charge in [0.2, 0.25) is 0 Å². The molecule has 12 heavy (non-hydrogen) atoms. The largest absolute Gasteiger partial charge is 0.0739 e. The van der Waals surface area contributed by atoms with Crippen molar-refractivity contribution in [2.75, 3.05) is 0 Å². The summed E-state index contributed by atoms with van der Waals surface area (Å²) < 4.78 is 2.24. The van der Waals surface area contributed by atoms with Crippen LogP contribution in [0.25, 0.3) is 0 Å². The minimum absolute atomic E-state index is 0.753. The quantitative estimate of drug-likeness (QED) is 0.589. The van der Waals surface area contributed by atoms with Gasteiger partial charge < -0.3 is 0 Å². The number of rotatable bonds is 1. The standard InChI is InChI=1S/C8H14S4/c1-5(2)7-9-11-8(6(3)4)12-10-7/h5,7H,1-4H3. The molecule has 4 heteroatoms. The summed E-state index contributed by atoms with van der Waals surface area (Å²) in [6.45, 7) is 8.96. The van der Waals surface area contributed by atoms with Gasteiger partial charge in [-0.05, 0) is 41.4 Å². The highest BCUT2D eigenvalue weighted by Gasteiger charge is 2.22. The maximum Gasteiger partial charge on any atom is 0.0739 e. The van der Waals surface area contributed by atoms with Crippen LogP contribution in [0.4, 0.5) is 0 Å². The number of hydrogen-bond donors (Lipinski definition) is 0. The Labute approximate surface area is 90.9 Å². The zero-order valence-electron chi connectivity index (χ0n) is 7.79. The van der Waals surface area contributed by atoms with Crippen molar-refractivity contribution in [2.24, 2.45) is 5.92 Å². The molecule has 1 saturated heterocycles. The fourth-order valence-electron chi connectivity index (χ4n) is 0.601. The lowest BCUT2D eigenvalue weighted by molar-refractivity contribution is 0.725. The van der Waals surface area contributed by atoms with E-state index in [2.05, 4.69) is 27.7 Å². The van der Waals surface area contributed by atoms with Crippen molar-refractivity contribution < 1.29 is 0 Å². The van der Waals surface area contributed by atoms with Crippen molar-refractivity contribution in [1.29, 1.82) is 0 Å². The Morgan fingerprint density at radius 1 is 1.17 bits per heavy atom. The molecule has 0 bridgehead atoms. The molecular weight excluding hydrogens is 224 g/mol. The molecule has 0 aromatic carbocycles. The number of hydrogen-bond acceptors (Lipinski definition) is 4. The Bertz CT molecular complexity index is 171. The molecule has 0 atom stereocenters. The van der Waals surface area contributed by atoms with E-state index in [-0.39, 0.29) is 0 Å². The first-order valence-electron chi connectivity index (χ1n) is 3.95. The van der Waals surface area contributed by atoms with Crippen LogP contribution < -0.4 is 0 Å². The van der Waals surface area contributed by atoms with Crippen molar-refractivity contribution >= 4 is 43.2 Å². The summed E-state index contributed by atoms with van der Waals surface area (Å²) in [6.07, 6.45) is 0. The smallest absolute Gasteiger partial charge is 0.0728 e. The zero-order chi connectivity index (χ0) is 9.14. The molecule has 0 nitrogen and oxygen atoms in total. The van der Waals surface area contributed by atoms with Crippen molar-refractivity contribution in [1.82, 2.24) is 0 Å². The van der Waals surface area contributed by atoms with Crippen molar-refractivity contribution in [3.63, 3.8) is 0 Å². The molecule has 1 aliphatic rings. The van der Waals surface area contributed by atoms with E-state index in [4.69, 9.17) is 0 Å². The molecule has 0 spiro atoms. The third-order valence-corrected chi connectivity index (χ3v) is 9.43. The van der Waals surface area contributed by atoms with Gasteiger partial charge in [0, 0.05) is 0 Å². The normalized spacial score (nSPS) is 24.8. The predicted molar refractivity (Wildman–Crippen MR) is 67.4 cm³/mol. The molecule has 0 unspecified atom stereocenters. The lowest BCUT2D eigenvalue weighted by Crippen LogP contribution is -2.05. The molecule has 0 aliphatic carbocycles. The maximum absolute atomic E-state index is 2.29. The van der Waals surface area contributed by atoms with Crippen LogP contribution in [-0.4, -0.2) is 4.58 Å². The third-order valence-electron chi connectivity index (χ3n) is 1.39. The summed E-state index contributed by atoms with van der Waals surface area (Å²) in [7, 11) is 7.91. The third kappa shape index (κ3) is 3.13. The van der Waals surface area contributed by atoms with Gasteiger partial charge in [-0.25, -0.2) is 0 Å². The lowest BCUT2D eigenvalue weighted by atomic mass is 10.3. The van der Waals surface area contributed by atoms with Crippen LogP contribution in [0.1, 0.15) is 27.7 Å². The van der Waals surface area contributed by atoms with Gasteiger partial charge >= 0.3 is 0 Å². The zero-order valence-corrected chi connectivity index (χ0v) is 11.1. The average molecular weight is 238 g/mol. The highest BCUT2D eigenvalue weighted by Crippen LogP contribution is 2.58. The molecule has 0 aromatic heterocycles. The molecule has 1 fully saturated rings. The van der Waals surface area contributed by atoms with Crippen molar-refractivity contribution in [3.8, 4) is 0 Å². The Morgan fingerprint density at radius 2 is 1.67 bits per heavy atom. The van der Waals surface area contributed by atoms with Crippen LogP contribution in [0.15, 0.2) is 9.81 Å². The average Bonchev–Trinajstić information content (AvgIpc) is 2.04. The van der Waals surface area contributed by atoms with Crippen molar-refractivity contribution in [2.45, 2.75) is 32.3 Å². The van der Waals surface area contributed by atoms with Crippen LogP contribution in [0.5, 0.6) is 0 Å². The van der Waals surface area contributed by atoms with Gasteiger partial charge in [-0.3, -0.25) is 0 Å². The van der Waals surface area contributed by atoms with Gasteiger partial charge in [-0.2, -0.15) is 0 Å². The molecule has 0 aromatic rings. The Balaban J connectivity index is 2.45. The molecule has 1 heterocycles. The molecule has 1 rings (SSSR count). The monoisotopic (exact) mass is 238 g/mol. The predicted octanol–water partition coefficient (Wildman–Crippen LogP) is 5.00. The molecule has 0 saturated carbocycles. The van der Waals surface area contributed by atoms with Gasteiger partial charge in [-0.1, -0.05) is 41.0 Å². The molecular formula is C8H14S4. The van der Waals surface area contributed by atoms with Crippen LogP contribution >= 0.6 is 43.2 Å². The van der Waals surface area contributed by atoms with E-state index in [1.807, 2.05) is 43.2 Å². The van der Waals surface area contributed by atoms with E-state index in [9.17, 15) is 0 Å². The molecule has 0 amide bonds. The van der Waals surface area contributed by atoms with Crippen LogP contribution in [-0.2, 0) is 0 Å². The second kappa shape index (κ2) is 5.13. The summed E-state index contributed by atoms with van der Waals surface area (Å²) in [4.78, 5) is 0. The van der Waals surface area contributed by atoms with E-state index in [0.29, 0.717) is 0 Å². The second-order valence-corrected chi connectivity index (χ2v) is 8.52. The SMILES string of the molecule is CC(C)=C1SSC(C(C)C)SS1. The van der Waals surface area contributed by atoms with Gasteiger partial charge in [-0.15, -0.1) is 0 Å². The maximum atomic E-state index is 2.29. The van der Waals surface area contributed by atoms with Crippen molar-refractivity contribution in [3.05, 3.63) is 9.81 Å². The Morgan fingerprint density at radius 3 is 2.00 bits per heavy atom. The van der Waals surface area contributed by atoms with Gasteiger partial charge in [0.05, 0.1) is 8.82 Å².